The van der Waals surface area contributed by atoms with Crippen molar-refractivity contribution < 1.29 is 0 Å². The molecule has 0 N–H and O–H groups in total. The molecule has 0 aliphatic carbocycles. The van der Waals surface area contributed by atoms with Crippen molar-refractivity contribution in [2.45, 2.75) is 13.8 Å². The zero-order valence-corrected chi connectivity index (χ0v) is 9.23. The summed E-state index contributed by atoms with van der Waals surface area (Å²) in [5, 5.41) is 2.27. The number of rotatable bonds is 0. The number of nitrogens with zero attached hydrogens (tertiary/aromatic N) is 3. The maximum atomic E-state index is 4.49. The first-order chi connectivity index (χ1) is 7.75. The molecule has 0 saturated carbocycles. The van der Waals surface area contributed by atoms with Crippen LogP contribution < -0.4 is 0 Å². The molecular formula is C13H11N3. The Morgan fingerprint density at radius 2 is 1.69 bits per heavy atom. The van der Waals surface area contributed by atoms with Gasteiger partial charge in [-0.25, -0.2) is 9.97 Å². The average molecular weight is 209 g/mol. The lowest BCUT2D eigenvalue weighted by atomic mass is 10.1. The fraction of sp³-hybridized carbons (Fsp3) is 0.154. The summed E-state index contributed by atoms with van der Waals surface area (Å²) < 4.78 is 0. The highest BCUT2D eigenvalue weighted by atomic mass is 14.9. The Balaban J connectivity index is 2.59. The van der Waals surface area contributed by atoms with Crippen molar-refractivity contribution in [1.82, 2.24) is 15.0 Å². The quantitative estimate of drug-likeness (QED) is 0.534. The van der Waals surface area contributed by atoms with E-state index in [0.717, 1.165) is 33.3 Å². The summed E-state index contributed by atoms with van der Waals surface area (Å²) in [4.78, 5) is 13.3. The molecule has 0 atom stereocenters. The molecule has 0 fully saturated rings. The van der Waals surface area contributed by atoms with Crippen LogP contribution in [0.15, 0.2) is 30.5 Å². The number of pyridine rings is 1. The molecule has 0 aliphatic heterocycles. The molecular weight excluding hydrogens is 198 g/mol. The van der Waals surface area contributed by atoms with Gasteiger partial charge in [-0.15, -0.1) is 0 Å². The number of hydrogen-bond acceptors (Lipinski definition) is 3. The van der Waals surface area contributed by atoms with Crippen molar-refractivity contribution in [1.29, 1.82) is 0 Å². The summed E-state index contributed by atoms with van der Waals surface area (Å²) in [6.07, 6.45) is 1.78. The Morgan fingerprint density at radius 3 is 2.50 bits per heavy atom. The lowest BCUT2D eigenvalue weighted by Gasteiger charge is -2.05. The zero-order chi connectivity index (χ0) is 11.1. The largest absolute Gasteiger partial charge is 0.250 e. The van der Waals surface area contributed by atoms with E-state index in [1.807, 2.05) is 26.0 Å². The van der Waals surface area contributed by atoms with Crippen LogP contribution in [-0.4, -0.2) is 15.0 Å². The van der Waals surface area contributed by atoms with Gasteiger partial charge in [0.25, 0.3) is 0 Å². The summed E-state index contributed by atoms with van der Waals surface area (Å²) in [5.74, 6) is 0. The van der Waals surface area contributed by atoms with E-state index >= 15 is 0 Å². The second-order valence-corrected chi connectivity index (χ2v) is 3.93. The minimum absolute atomic E-state index is 0.733. The van der Waals surface area contributed by atoms with Gasteiger partial charge in [0.1, 0.15) is 5.52 Å². The molecule has 0 spiro atoms. The van der Waals surface area contributed by atoms with Crippen LogP contribution in [0.2, 0.25) is 0 Å². The molecule has 3 aromatic rings. The summed E-state index contributed by atoms with van der Waals surface area (Å²) in [6.45, 7) is 3.93. The Morgan fingerprint density at radius 1 is 0.938 bits per heavy atom. The Bertz CT molecular complexity index is 689. The highest BCUT2D eigenvalue weighted by Crippen LogP contribution is 2.23. The highest BCUT2D eigenvalue weighted by molar-refractivity contribution is 6.03. The third-order valence-corrected chi connectivity index (χ3v) is 2.72. The molecule has 0 bridgehead atoms. The molecule has 0 radical (unpaired) electrons. The summed E-state index contributed by atoms with van der Waals surface area (Å²) >= 11 is 0. The molecule has 0 unspecified atom stereocenters. The summed E-state index contributed by atoms with van der Waals surface area (Å²) in [6, 6.07) is 8.17. The maximum absolute atomic E-state index is 4.49. The molecule has 0 aliphatic rings. The monoisotopic (exact) mass is 209 g/mol. The van der Waals surface area contributed by atoms with E-state index in [2.05, 4.69) is 27.1 Å². The third-order valence-electron chi connectivity index (χ3n) is 2.72. The first-order valence-electron chi connectivity index (χ1n) is 5.24. The van der Waals surface area contributed by atoms with Gasteiger partial charge in [-0.1, -0.05) is 24.3 Å². The molecule has 78 valence electrons. The summed E-state index contributed by atoms with van der Waals surface area (Å²) in [7, 11) is 0. The molecule has 0 amide bonds. The standard InChI is InChI=1S/C13H11N3/c1-8-7-14-12-11-6-4-3-5-10(11)9(2)16-13(12)15-8/h3-7H,1-2H3. The van der Waals surface area contributed by atoms with Gasteiger partial charge in [-0.2, -0.15) is 0 Å². The fourth-order valence-corrected chi connectivity index (χ4v) is 1.96. The second kappa shape index (κ2) is 3.23. The van der Waals surface area contributed by atoms with Crippen LogP contribution in [0.3, 0.4) is 0 Å². The van der Waals surface area contributed by atoms with Crippen molar-refractivity contribution in [3.05, 3.63) is 41.9 Å². The van der Waals surface area contributed by atoms with Crippen LogP contribution in [0.4, 0.5) is 0 Å². The van der Waals surface area contributed by atoms with E-state index in [1.54, 1.807) is 6.20 Å². The minimum Gasteiger partial charge on any atom is -0.250 e. The van der Waals surface area contributed by atoms with Gasteiger partial charge in [0.2, 0.25) is 0 Å². The van der Waals surface area contributed by atoms with E-state index in [1.165, 1.54) is 0 Å². The van der Waals surface area contributed by atoms with Crippen LogP contribution in [0.5, 0.6) is 0 Å². The number of aromatic nitrogens is 3. The van der Waals surface area contributed by atoms with Crippen LogP contribution in [0.25, 0.3) is 21.9 Å². The zero-order valence-electron chi connectivity index (χ0n) is 9.23. The van der Waals surface area contributed by atoms with Crippen molar-refractivity contribution in [3.63, 3.8) is 0 Å². The SMILES string of the molecule is Cc1cnc2c(n1)nc(C)c1ccccc12. The van der Waals surface area contributed by atoms with Crippen LogP contribution >= 0.6 is 0 Å². The van der Waals surface area contributed by atoms with Gasteiger partial charge in [0.15, 0.2) is 5.65 Å². The predicted octanol–water partition coefficient (Wildman–Crippen LogP) is 2.79. The van der Waals surface area contributed by atoms with Gasteiger partial charge in [0, 0.05) is 22.7 Å². The molecule has 16 heavy (non-hydrogen) atoms. The normalized spacial score (nSPS) is 11.1. The number of fused-ring (bicyclic) bond motifs is 3. The lowest BCUT2D eigenvalue weighted by Crippen LogP contribution is -1.94. The topological polar surface area (TPSA) is 38.7 Å². The van der Waals surface area contributed by atoms with Crippen LogP contribution in [0, 0.1) is 13.8 Å². The van der Waals surface area contributed by atoms with E-state index in [0.29, 0.717) is 0 Å². The van der Waals surface area contributed by atoms with Crippen LogP contribution in [-0.2, 0) is 0 Å². The smallest absolute Gasteiger partial charge is 0.179 e. The Hall–Kier alpha value is -2.03. The molecule has 2 aromatic heterocycles. The predicted molar refractivity (Wildman–Crippen MR) is 64.3 cm³/mol. The van der Waals surface area contributed by atoms with Crippen molar-refractivity contribution in [2.75, 3.05) is 0 Å². The number of benzene rings is 1. The Kier molecular flexibility index (Phi) is 1.86. The van der Waals surface area contributed by atoms with Gasteiger partial charge in [-0.05, 0) is 13.8 Å². The molecule has 1 aromatic carbocycles. The number of hydrogen-bond donors (Lipinski definition) is 0. The fourth-order valence-electron chi connectivity index (χ4n) is 1.96. The number of aryl methyl sites for hydroxylation is 2. The Labute approximate surface area is 93.2 Å². The van der Waals surface area contributed by atoms with Gasteiger partial charge in [-0.3, -0.25) is 4.98 Å². The first kappa shape index (κ1) is 9.21. The lowest BCUT2D eigenvalue weighted by molar-refractivity contribution is 1.13. The van der Waals surface area contributed by atoms with Crippen molar-refractivity contribution in [2.24, 2.45) is 0 Å². The van der Waals surface area contributed by atoms with Crippen molar-refractivity contribution in [3.8, 4) is 0 Å². The minimum atomic E-state index is 0.733. The molecule has 3 nitrogen and oxygen atoms in total. The second-order valence-electron chi connectivity index (χ2n) is 3.93. The van der Waals surface area contributed by atoms with Gasteiger partial charge in [0.05, 0.1) is 5.69 Å². The van der Waals surface area contributed by atoms with Gasteiger partial charge < -0.3 is 0 Å². The van der Waals surface area contributed by atoms with E-state index in [4.69, 9.17) is 0 Å². The van der Waals surface area contributed by atoms with Crippen molar-refractivity contribution >= 4 is 21.9 Å². The van der Waals surface area contributed by atoms with E-state index in [-0.39, 0.29) is 0 Å². The highest BCUT2D eigenvalue weighted by Gasteiger charge is 2.06. The van der Waals surface area contributed by atoms with Gasteiger partial charge >= 0.3 is 0 Å². The maximum Gasteiger partial charge on any atom is 0.179 e. The first-order valence-corrected chi connectivity index (χ1v) is 5.24. The summed E-state index contributed by atoms with van der Waals surface area (Å²) in [5.41, 5.74) is 3.51. The van der Waals surface area contributed by atoms with E-state index < -0.39 is 0 Å². The molecule has 0 saturated heterocycles. The third kappa shape index (κ3) is 1.25. The average Bonchev–Trinajstić information content (AvgIpc) is 2.29. The van der Waals surface area contributed by atoms with E-state index in [9.17, 15) is 0 Å². The molecule has 3 rings (SSSR count). The van der Waals surface area contributed by atoms with Crippen LogP contribution in [0.1, 0.15) is 11.4 Å². The molecule has 3 heteroatoms. The molecule has 2 heterocycles.